The molecule has 1 N–H and O–H groups in total. The summed E-state index contributed by atoms with van der Waals surface area (Å²) in [6.07, 6.45) is 2.52. The molecule has 1 aliphatic carbocycles. The van der Waals surface area contributed by atoms with E-state index in [9.17, 15) is 4.79 Å². The second-order valence-electron chi connectivity index (χ2n) is 4.94. The highest BCUT2D eigenvalue weighted by Gasteiger charge is 2.51. The van der Waals surface area contributed by atoms with Crippen LogP contribution in [-0.2, 0) is 4.79 Å². The molecule has 12 heavy (non-hydrogen) atoms. The van der Waals surface area contributed by atoms with E-state index in [-0.39, 0.29) is 5.91 Å². The van der Waals surface area contributed by atoms with E-state index in [0.29, 0.717) is 10.8 Å². The number of hydrogen-bond acceptors (Lipinski definition) is 1. The zero-order valence-corrected chi connectivity index (χ0v) is 8.53. The summed E-state index contributed by atoms with van der Waals surface area (Å²) in [7, 11) is 0. The van der Waals surface area contributed by atoms with Crippen molar-refractivity contribution in [3.05, 3.63) is 0 Å². The summed E-state index contributed by atoms with van der Waals surface area (Å²) < 4.78 is 0. The normalized spacial score (nSPS) is 20.3. The Bertz CT molecular complexity index is 187. The summed E-state index contributed by atoms with van der Waals surface area (Å²) >= 11 is 0. The Morgan fingerprint density at radius 1 is 1.42 bits per heavy atom. The summed E-state index contributed by atoms with van der Waals surface area (Å²) in [6, 6.07) is 0. The molecule has 70 valence electrons. The molecular formula is C10H19NO. The van der Waals surface area contributed by atoms with Crippen LogP contribution in [0.3, 0.4) is 0 Å². The second-order valence-corrected chi connectivity index (χ2v) is 4.94. The molecular weight excluding hydrogens is 150 g/mol. The summed E-state index contributed by atoms with van der Waals surface area (Å²) in [4.78, 5) is 10.7. The molecule has 0 bridgehead atoms. The van der Waals surface area contributed by atoms with E-state index in [1.54, 1.807) is 6.92 Å². The second kappa shape index (κ2) is 2.75. The number of carbonyl (C=O) groups excluding carboxylic acids is 1. The first-order valence-electron chi connectivity index (χ1n) is 4.62. The third-order valence-corrected chi connectivity index (χ3v) is 3.12. The van der Waals surface area contributed by atoms with Gasteiger partial charge < -0.3 is 5.32 Å². The molecule has 0 aliphatic heterocycles. The van der Waals surface area contributed by atoms with Crippen LogP contribution >= 0.6 is 0 Å². The minimum Gasteiger partial charge on any atom is -0.356 e. The number of amides is 1. The third kappa shape index (κ3) is 1.79. The Balaban J connectivity index is 2.46. The molecule has 0 saturated heterocycles. The van der Waals surface area contributed by atoms with E-state index < -0.39 is 0 Å². The predicted octanol–water partition coefficient (Wildman–Crippen LogP) is 1.95. The smallest absolute Gasteiger partial charge is 0.216 e. The van der Waals surface area contributed by atoms with Crippen molar-refractivity contribution in [2.24, 2.45) is 10.8 Å². The molecule has 1 saturated carbocycles. The van der Waals surface area contributed by atoms with Gasteiger partial charge in [-0.2, -0.15) is 0 Å². The van der Waals surface area contributed by atoms with Crippen molar-refractivity contribution in [1.29, 1.82) is 0 Å². The van der Waals surface area contributed by atoms with Gasteiger partial charge in [-0.05, 0) is 23.7 Å². The fraction of sp³-hybridized carbons (Fsp3) is 0.900. The van der Waals surface area contributed by atoms with Crippen molar-refractivity contribution in [3.63, 3.8) is 0 Å². The highest BCUT2D eigenvalue weighted by molar-refractivity contribution is 5.72. The molecule has 0 aromatic heterocycles. The van der Waals surface area contributed by atoms with Crippen molar-refractivity contribution in [2.45, 2.75) is 40.5 Å². The summed E-state index contributed by atoms with van der Waals surface area (Å²) in [5.74, 6) is 0.0884. The van der Waals surface area contributed by atoms with Gasteiger partial charge in [0.25, 0.3) is 0 Å². The van der Waals surface area contributed by atoms with E-state index in [0.717, 1.165) is 6.54 Å². The fourth-order valence-corrected chi connectivity index (χ4v) is 1.64. The largest absolute Gasteiger partial charge is 0.356 e. The fourth-order valence-electron chi connectivity index (χ4n) is 1.64. The summed E-state index contributed by atoms with van der Waals surface area (Å²) in [5.41, 5.74) is 0.716. The molecule has 0 aromatic carbocycles. The minimum absolute atomic E-state index is 0.0884. The average molecular weight is 169 g/mol. The van der Waals surface area contributed by atoms with Gasteiger partial charge in [0.05, 0.1) is 0 Å². The maximum Gasteiger partial charge on any atom is 0.216 e. The first-order chi connectivity index (χ1) is 5.37. The Morgan fingerprint density at radius 3 is 2.17 bits per heavy atom. The Morgan fingerprint density at radius 2 is 1.92 bits per heavy atom. The average Bonchev–Trinajstić information content (AvgIpc) is 2.60. The molecule has 1 amide bonds. The maximum atomic E-state index is 10.7. The summed E-state index contributed by atoms with van der Waals surface area (Å²) in [6.45, 7) is 9.19. The van der Waals surface area contributed by atoms with E-state index in [1.807, 2.05) is 0 Å². The first-order valence-corrected chi connectivity index (χ1v) is 4.62. The molecule has 1 rings (SSSR count). The number of carbonyl (C=O) groups is 1. The van der Waals surface area contributed by atoms with Gasteiger partial charge in [-0.15, -0.1) is 0 Å². The molecule has 0 radical (unpaired) electrons. The minimum atomic E-state index is 0.0884. The monoisotopic (exact) mass is 169 g/mol. The van der Waals surface area contributed by atoms with E-state index >= 15 is 0 Å². The van der Waals surface area contributed by atoms with Crippen molar-refractivity contribution in [2.75, 3.05) is 6.54 Å². The summed E-state index contributed by atoms with van der Waals surface area (Å²) in [5, 5.41) is 2.92. The first kappa shape index (κ1) is 9.56. The van der Waals surface area contributed by atoms with Gasteiger partial charge in [-0.1, -0.05) is 20.8 Å². The molecule has 1 fully saturated rings. The molecule has 0 atom stereocenters. The van der Waals surface area contributed by atoms with Crippen LogP contribution in [0.5, 0.6) is 0 Å². The van der Waals surface area contributed by atoms with Crippen LogP contribution in [0.2, 0.25) is 0 Å². The lowest BCUT2D eigenvalue weighted by Gasteiger charge is -2.30. The van der Waals surface area contributed by atoms with Crippen molar-refractivity contribution < 1.29 is 4.79 Å². The van der Waals surface area contributed by atoms with Gasteiger partial charge in [0.2, 0.25) is 5.91 Å². The van der Waals surface area contributed by atoms with E-state index in [2.05, 4.69) is 26.1 Å². The van der Waals surface area contributed by atoms with Crippen LogP contribution in [0.1, 0.15) is 40.5 Å². The lowest BCUT2D eigenvalue weighted by Crippen LogP contribution is -2.35. The lowest BCUT2D eigenvalue weighted by atomic mass is 9.77. The van der Waals surface area contributed by atoms with Crippen molar-refractivity contribution in [1.82, 2.24) is 5.32 Å². The van der Waals surface area contributed by atoms with Gasteiger partial charge >= 0.3 is 0 Å². The highest BCUT2D eigenvalue weighted by Crippen LogP contribution is 2.57. The zero-order valence-electron chi connectivity index (χ0n) is 8.53. The van der Waals surface area contributed by atoms with Gasteiger partial charge in [0, 0.05) is 13.5 Å². The van der Waals surface area contributed by atoms with Crippen molar-refractivity contribution >= 4 is 5.91 Å². The predicted molar refractivity (Wildman–Crippen MR) is 49.8 cm³/mol. The lowest BCUT2D eigenvalue weighted by molar-refractivity contribution is -0.119. The van der Waals surface area contributed by atoms with Crippen LogP contribution in [0, 0.1) is 10.8 Å². The maximum absolute atomic E-state index is 10.7. The van der Waals surface area contributed by atoms with Crippen LogP contribution < -0.4 is 5.32 Å². The zero-order chi connectivity index (χ0) is 9.41. The van der Waals surface area contributed by atoms with Gasteiger partial charge in [0.15, 0.2) is 0 Å². The third-order valence-electron chi connectivity index (χ3n) is 3.12. The molecule has 0 spiro atoms. The van der Waals surface area contributed by atoms with Gasteiger partial charge in [-0.3, -0.25) is 4.79 Å². The molecule has 0 unspecified atom stereocenters. The Labute approximate surface area is 74.7 Å². The molecule has 2 nitrogen and oxygen atoms in total. The van der Waals surface area contributed by atoms with E-state index in [4.69, 9.17) is 0 Å². The Hall–Kier alpha value is -0.530. The molecule has 1 aliphatic rings. The number of nitrogens with one attached hydrogen (secondary N) is 1. The Kier molecular flexibility index (Phi) is 2.19. The SMILES string of the molecule is CC(=O)NCC1(C(C)(C)C)CC1. The highest BCUT2D eigenvalue weighted by atomic mass is 16.1. The molecule has 2 heteroatoms. The van der Waals surface area contributed by atoms with Gasteiger partial charge in [0.1, 0.15) is 0 Å². The van der Waals surface area contributed by atoms with Crippen LogP contribution in [-0.4, -0.2) is 12.5 Å². The van der Waals surface area contributed by atoms with Gasteiger partial charge in [-0.25, -0.2) is 0 Å². The number of rotatable bonds is 2. The number of hydrogen-bond donors (Lipinski definition) is 1. The standard InChI is InChI=1S/C10H19NO/c1-8(12)11-7-10(5-6-10)9(2,3)4/h5-7H2,1-4H3,(H,11,12). The van der Waals surface area contributed by atoms with E-state index in [1.165, 1.54) is 12.8 Å². The van der Waals surface area contributed by atoms with Crippen LogP contribution in [0.25, 0.3) is 0 Å². The topological polar surface area (TPSA) is 29.1 Å². The van der Waals surface area contributed by atoms with Crippen LogP contribution in [0.4, 0.5) is 0 Å². The van der Waals surface area contributed by atoms with Crippen LogP contribution in [0.15, 0.2) is 0 Å². The van der Waals surface area contributed by atoms with Crippen molar-refractivity contribution in [3.8, 4) is 0 Å². The molecule has 0 heterocycles. The molecule has 0 aromatic rings. The quantitative estimate of drug-likeness (QED) is 0.672.